The van der Waals surface area contributed by atoms with E-state index in [4.69, 9.17) is 5.73 Å². The van der Waals surface area contributed by atoms with Crippen LogP contribution in [0.3, 0.4) is 0 Å². The first-order chi connectivity index (χ1) is 4.49. The third-order valence-corrected chi connectivity index (χ3v) is 2.00. The Labute approximate surface area is 68.0 Å². The first-order valence-corrected chi connectivity index (χ1v) is 4.19. The fourth-order valence-electron chi connectivity index (χ4n) is 1.16. The summed E-state index contributed by atoms with van der Waals surface area (Å²) < 4.78 is 0. The lowest BCUT2D eigenvalue weighted by atomic mass is 9.87. The highest BCUT2D eigenvalue weighted by Crippen LogP contribution is 2.21. The van der Waals surface area contributed by atoms with E-state index in [-0.39, 0.29) is 4.87 Å². The van der Waals surface area contributed by atoms with Gasteiger partial charge in [0.15, 0.2) is 0 Å². The van der Waals surface area contributed by atoms with Crippen LogP contribution in [0.5, 0.6) is 0 Å². The second-order valence-corrected chi connectivity index (χ2v) is 4.67. The Morgan fingerprint density at radius 1 is 1.50 bits per heavy atom. The van der Waals surface area contributed by atoms with Gasteiger partial charge in [-0.15, -0.1) is 0 Å². The predicted octanol–water partition coefficient (Wildman–Crippen LogP) is 0.732. The topological polar surface area (TPSA) is 38.0 Å². The average Bonchev–Trinajstić information content (AvgIpc) is 1.78. The number of nitrogens with one attached hydrogen (secondary N) is 1. The zero-order valence-electron chi connectivity index (χ0n) is 6.59. The van der Waals surface area contributed by atoms with Crippen molar-refractivity contribution in [3.8, 4) is 0 Å². The summed E-state index contributed by atoms with van der Waals surface area (Å²) in [7, 11) is 0. The molecule has 0 aromatic carbocycles. The van der Waals surface area contributed by atoms with E-state index in [2.05, 4.69) is 17.9 Å². The monoisotopic (exact) mass is 160 g/mol. The molecule has 60 valence electrons. The Morgan fingerprint density at radius 3 is 2.20 bits per heavy atom. The molecular formula is C7H16N2S. The van der Waals surface area contributed by atoms with Crippen molar-refractivity contribution in [1.29, 1.82) is 0 Å². The molecular weight excluding hydrogens is 144 g/mol. The Bertz CT molecular complexity index is 119. The molecule has 1 fully saturated rings. The summed E-state index contributed by atoms with van der Waals surface area (Å²) >= 11 is 4.36. The molecule has 0 aromatic heterocycles. The molecule has 0 bridgehead atoms. The molecule has 2 atom stereocenters. The van der Waals surface area contributed by atoms with Crippen LogP contribution in [0.25, 0.3) is 0 Å². The van der Waals surface area contributed by atoms with Gasteiger partial charge in [0.05, 0.1) is 4.87 Å². The molecule has 0 radical (unpaired) electrons. The van der Waals surface area contributed by atoms with Crippen LogP contribution in [0.1, 0.15) is 26.7 Å². The van der Waals surface area contributed by atoms with E-state index < -0.39 is 0 Å². The van der Waals surface area contributed by atoms with Crippen molar-refractivity contribution in [2.75, 3.05) is 0 Å². The molecule has 1 aliphatic rings. The highest BCUT2D eigenvalue weighted by atomic mass is 32.1. The van der Waals surface area contributed by atoms with Crippen LogP contribution in [0.4, 0.5) is 0 Å². The van der Waals surface area contributed by atoms with Crippen molar-refractivity contribution in [3.63, 3.8) is 0 Å². The molecule has 2 nitrogen and oxygen atoms in total. The van der Waals surface area contributed by atoms with Gasteiger partial charge >= 0.3 is 0 Å². The lowest BCUT2D eigenvalue weighted by Crippen LogP contribution is -2.57. The van der Waals surface area contributed by atoms with E-state index in [1.165, 1.54) is 6.42 Å². The second-order valence-electron chi connectivity index (χ2n) is 3.55. The maximum atomic E-state index is 5.73. The zero-order chi connectivity index (χ0) is 7.78. The van der Waals surface area contributed by atoms with Crippen LogP contribution >= 0.6 is 12.6 Å². The molecule has 0 saturated heterocycles. The van der Waals surface area contributed by atoms with Crippen molar-refractivity contribution in [1.82, 2.24) is 5.32 Å². The van der Waals surface area contributed by atoms with Crippen molar-refractivity contribution in [3.05, 3.63) is 0 Å². The summed E-state index contributed by atoms with van der Waals surface area (Å²) in [5, 5.41) is 3.34. The van der Waals surface area contributed by atoms with E-state index in [0.717, 1.165) is 6.42 Å². The van der Waals surface area contributed by atoms with Gasteiger partial charge in [-0.2, -0.15) is 12.6 Å². The van der Waals surface area contributed by atoms with Gasteiger partial charge in [0.1, 0.15) is 0 Å². The van der Waals surface area contributed by atoms with Gasteiger partial charge in [-0.25, -0.2) is 0 Å². The van der Waals surface area contributed by atoms with Gasteiger partial charge in [0.25, 0.3) is 0 Å². The summed E-state index contributed by atoms with van der Waals surface area (Å²) in [6, 6.07) is 0.846. The second kappa shape index (κ2) is 2.72. The summed E-state index contributed by atoms with van der Waals surface area (Å²) in [5.74, 6) is 0. The third kappa shape index (κ3) is 2.15. The van der Waals surface area contributed by atoms with Crippen LogP contribution in [0, 0.1) is 0 Å². The molecule has 0 spiro atoms. The number of nitrogens with two attached hydrogens (primary N) is 1. The molecule has 10 heavy (non-hydrogen) atoms. The van der Waals surface area contributed by atoms with E-state index in [1.54, 1.807) is 0 Å². The Kier molecular flexibility index (Phi) is 2.28. The molecule has 0 amide bonds. The molecule has 1 unspecified atom stereocenters. The molecule has 1 rings (SSSR count). The quantitative estimate of drug-likeness (QED) is 0.411. The van der Waals surface area contributed by atoms with E-state index in [1.807, 2.05) is 13.8 Å². The molecule has 3 heteroatoms. The van der Waals surface area contributed by atoms with Gasteiger partial charge in [0, 0.05) is 12.1 Å². The standard InChI is InChI=1S/C7H16N2S/c1-7(2,10)9-6-4-3-5(6)8/h5-6,9-10H,3-4,8H2,1-2H3/t5-,6?/m1/s1. The smallest absolute Gasteiger partial charge is 0.0561 e. The highest BCUT2D eigenvalue weighted by Gasteiger charge is 2.30. The normalized spacial score (nSPS) is 33.6. The molecule has 0 aromatic rings. The van der Waals surface area contributed by atoms with Gasteiger partial charge in [0.2, 0.25) is 0 Å². The van der Waals surface area contributed by atoms with E-state index in [0.29, 0.717) is 12.1 Å². The van der Waals surface area contributed by atoms with Gasteiger partial charge < -0.3 is 5.73 Å². The first kappa shape index (κ1) is 8.37. The summed E-state index contributed by atoms with van der Waals surface area (Å²) in [6.45, 7) is 4.09. The van der Waals surface area contributed by atoms with Crippen LogP contribution in [-0.2, 0) is 0 Å². The van der Waals surface area contributed by atoms with Crippen LogP contribution < -0.4 is 11.1 Å². The van der Waals surface area contributed by atoms with Crippen LogP contribution in [-0.4, -0.2) is 17.0 Å². The third-order valence-electron chi connectivity index (χ3n) is 1.87. The Balaban J connectivity index is 2.26. The minimum atomic E-state index is -0.0806. The maximum Gasteiger partial charge on any atom is 0.0561 e. The molecule has 3 N–H and O–H groups in total. The maximum absolute atomic E-state index is 5.73. The largest absolute Gasteiger partial charge is 0.326 e. The van der Waals surface area contributed by atoms with E-state index in [9.17, 15) is 0 Å². The van der Waals surface area contributed by atoms with Gasteiger partial charge in [-0.3, -0.25) is 5.32 Å². The van der Waals surface area contributed by atoms with E-state index >= 15 is 0 Å². The first-order valence-electron chi connectivity index (χ1n) is 3.75. The predicted molar refractivity (Wildman–Crippen MR) is 47.2 cm³/mol. The minimum absolute atomic E-state index is 0.0806. The van der Waals surface area contributed by atoms with Gasteiger partial charge in [-0.05, 0) is 26.7 Å². The fourth-order valence-corrected chi connectivity index (χ4v) is 1.32. The van der Waals surface area contributed by atoms with Gasteiger partial charge in [-0.1, -0.05) is 0 Å². The van der Waals surface area contributed by atoms with Crippen molar-refractivity contribution >= 4 is 12.6 Å². The highest BCUT2D eigenvalue weighted by molar-refractivity contribution is 7.81. The minimum Gasteiger partial charge on any atom is -0.326 e. The lowest BCUT2D eigenvalue weighted by molar-refractivity contribution is 0.260. The summed E-state index contributed by atoms with van der Waals surface area (Å²) in [5.41, 5.74) is 5.73. The number of hydrogen-bond acceptors (Lipinski definition) is 3. The van der Waals surface area contributed by atoms with Crippen molar-refractivity contribution in [2.24, 2.45) is 5.73 Å². The van der Waals surface area contributed by atoms with Crippen LogP contribution in [0.2, 0.25) is 0 Å². The number of hydrogen-bond donors (Lipinski definition) is 3. The molecule has 0 aliphatic heterocycles. The fraction of sp³-hybridized carbons (Fsp3) is 1.00. The summed E-state index contributed by atoms with van der Waals surface area (Å²) in [6.07, 6.45) is 2.35. The van der Waals surface area contributed by atoms with Crippen LogP contribution in [0.15, 0.2) is 0 Å². The lowest BCUT2D eigenvalue weighted by Gasteiger charge is -2.38. The SMILES string of the molecule is CC(C)(S)NC1CC[C@H]1N. The Morgan fingerprint density at radius 2 is 2.10 bits per heavy atom. The Hall–Kier alpha value is 0.270. The number of rotatable bonds is 2. The van der Waals surface area contributed by atoms with Crippen molar-refractivity contribution < 1.29 is 0 Å². The average molecular weight is 160 g/mol. The molecule has 1 saturated carbocycles. The molecule has 1 aliphatic carbocycles. The zero-order valence-corrected chi connectivity index (χ0v) is 7.49. The van der Waals surface area contributed by atoms with Crippen molar-refractivity contribution in [2.45, 2.75) is 43.6 Å². The number of thiol groups is 1. The molecule has 0 heterocycles. The summed E-state index contributed by atoms with van der Waals surface area (Å²) in [4.78, 5) is -0.0806.